The molecule has 32 heavy (non-hydrogen) atoms. The van der Waals surface area contributed by atoms with Crippen LogP contribution in [0.5, 0.6) is 0 Å². The van der Waals surface area contributed by atoms with Crippen LogP contribution < -0.4 is 15.4 Å². The average molecular weight is 466 g/mol. The third-order valence-corrected chi connectivity index (χ3v) is 6.25. The van der Waals surface area contributed by atoms with Gasteiger partial charge >= 0.3 is 0 Å². The first-order valence-corrected chi connectivity index (χ1v) is 11.7. The molecule has 0 bridgehead atoms. The summed E-state index contributed by atoms with van der Waals surface area (Å²) >= 11 is 5.15. The van der Waals surface area contributed by atoms with Gasteiger partial charge in [-0.05, 0) is 85.2 Å². The standard InChI is InChI=1S/C24H23N3O3S2/c1-17-8-10-21(16-18(17)2)27-32(29,30)22-13-11-20(12-14-22)25-24(31)26-23(28)15-9-19-6-4-3-5-7-19/h3-16,27H,1-2H3,(H2,25,26,28,31). The lowest BCUT2D eigenvalue weighted by Gasteiger charge is -2.11. The van der Waals surface area contributed by atoms with Gasteiger partial charge in [0.2, 0.25) is 5.91 Å². The average Bonchev–Trinajstić information content (AvgIpc) is 2.76. The molecule has 3 rings (SSSR count). The van der Waals surface area contributed by atoms with Crippen LogP contribution in [0.2, 0.25) is 0 Å². The minimum atomic E-state index is -3.73. The van der Waals surface area contributed by atoms with Gasteiger partial charge in [0.25, 0.3) is 10.0 Å². The summed E-state index contributed by atoms with van der Waals surface area (Å²) in [6.07, 6.45) is 3.07. The van der Waals surface area contributed by atoms with E-state index in [9.17, 15) is 13.2 Å². The molecule has 1 amide bonds. The summed E-state index contributed by atoms with van der Waals surface area (Å²) in [7, 11) is -3.73. The highest BCUT2D eigenvalue weighted by Gasteiger charge is 2.14. The lowest BCUT2D eigenvalue weighted by Crippen LogP contribution is -2.32. The topological polar surface area (TPSA) is 87.3 Å². The molecular weight excluding hydrogens is 442 g/mol. The zero-order valence-electron chi connectivity index (χ0n) is 17.6. The van der Waals surface area contributed by atoms with Crippen molar-refractivity contribution in [1.82, 2.24) is 5.32 Å². The number of benzene rings is 3. The lowest BCUT2D eigenvalue weighted by atomic mass is 10.1. The first kappa shape index (κ1) is 23.2. The molecule has 164 valence electrons. The molecule has 6 nitrogen and oxygen atoms in total. The molecule has 0 saturated heterocycles. The van der Waals surface area contributed by atoms with Crippen LogP contribution in [0.4, 0.5) is 11.4 Å². The number of amides is 1. The number of sulfonamides is 1. The maximum Gasteiger partial charge on any atom is 0.261 e. The van der Waals surface area contributed by atoms with Gasteiger partial charge < -0.3 is 5.32 Å². The molecule has 0 aliphatic carbocycles. The third-order valence-electron chi connectivity index (χ3n) is 4.65. The van der Waals surface area contributed by atoms with Gasteiger partial charge in [-0.1, -0.05) is 36.4 Å². The van der Waals surface area contributed by atoms with Crippen molar-refractivity contribution in [3.63, 3.8) is 0 Å². The van der Waals surface area contributed by atoms with Crippen molar-refractivity contribution in [2.24, 2.45) is 0 Å². The van der Waals surface area contributed by atoms with E-state index < -0.39 is 10.0 Å². The zero-order chi connectivity index (χ0) is 23.1. The second-order valence-corrected chi connectivity index (χ2v) is 9.21. The summed E-state index contributed by atoms with van der Waals surface area (Å²) in [5.41, 5.74) is 4.03. The molecule has 0 saturated carbocycles. The molecule has 0 atom stereocenters. The molecule has 0 aromatic heterocycles. The summed E-state index contributed by atoms with van der Waals surface area (Å²) < 4.78 is 27.9. The van der Waals surface area contributed by atoms with E-state index in [0.29, 0.717) is 11.4 Å². The summed E-state index contributed by atoms with van der Waals surface area (Å²) in [6, 6.07) is 20.9. The molecule has 0 unspecified atom stereocenters. The van der Waals surface area contributed by atoms with Gasteiger partial charge in [-0.15, -0.1) is 0 Å². The molecular formula is C24H23N3O3S2. The second-order valence-electron chi connectivity index (χ2n) is 7.12. The number of nitrogens with one attached hydrogen (secondary N) is 3. The minimum absolute atomic E-state index is 0.108. The van der Waals surface area contributed by atoms with Crippen LogP contribution in [0.3, 0.4) is 0 Å². The first-order chi connectivity index (χ1) is 15.2. The first-order valence-electron chi connectivity index (χ1n) is 9.78. The number of rotatable bonds is 6. The van der Waals surface area contributed by atoms with E-state index in [-0.39, 0.29) is 15.9 Å². The smallest absolute Gasteiger partial charge is 0.261 e. The molecule has 0 heterocycles. The van der Waals surface area contributed by atoms with Crippen molar-refractivity contribution in [1.29, 1.82) is 0 Å². The summed E-state index contributed by atoms with van der Waals surface area (Å²) in [4.78, 5) is 12.1. The fraction of sp³-hybridized carbons (Fsp3) is 0.0833. The molecule has 0 aliphatic heterocycles. The Morgan fingerprint density at radius 3 is 2.19 bits per heavy atom. The molecule has 0 aliphatic rings. The van der Waals surface area contributed by atoms with Gasteiger partial charge in [0, 0.05) is 17.5 Å². The Balaban J connectivity index is 1.58. The van der Waals surface area contributed by atoms with Crippen LogP contribution in [-0.2, 0) is 14.8 Å². The molecule has 8 heteroatoms. The van der Waals surface area contributed by atoms with Crippen LogP contribution in [0.15, 0.2) is 83.8 Å². The predicted molar refractivity (Wildman–Crippen MR) is 133 cm³/mol. The number of carbonyl (C=O) groups excluding carboxylic acids is 1. The Kier molecular flexibility index (Phi) is 7.40. The monoisotopic (exact) mass is 465 g/mol. The molecule has 3 aromatic rings. The molecule has 3 aromatic carbocycles. The van der Waals surface area contributed by atoms with Gasteiger partial charge in [0.1, 0.15) is 0 Å². The van der Waals surface area contributed by atoms with E-state index in [1.807, 2.05) is 50.2 Å². The van der Waals surface area contributed by atoms with Crippen molar-refractivity contribution in [2.75, 3.05) is 10.0 Å². The van der Waals surface area contributed by atoms with Crippen LogP contribution in [-0.4, -0.2) is 19.4 Å². The largest absolute Gasteiger partial charge is 0.332 e. The Morgan fingerprint density at radius 2 is 1.53 bits per heavy atom. The van der Waals surface area contributed by atoms with Gasteiger partial charge in [-0.3, -0.25) is 14.8 Å². The maximum absolute atomic E-state index is 12.6. The number of carbonyl (C=O) groups is 1. The van der Waals surface area contributed by atoms with Crippen molar-refractivity contribution in [2.45, 2.75) is 18.7 Å². The lowest BCUT2D eigenvalue weighted by molar-refractivity contribution is -0.115. The van der Waals surface area contributed by atoms with Crippen molar-refractivity contribution in [3.8, 4) is 0 Å². The fourth-order valence-electron chi connectivity index (χ4n) is 2.79. The Hall–Kier alpha value is -3.49. The highest BCUT2D eigenvalue weighted by molar-refractivity contribution is 7.92. The quantitative estimate of drug-likeness (QED) is 0.365. The van der Waals surface area contributed by atoms with Gasteiger partial charge in [-0.2, -0.15) is 0 Å². The Labute approximate surface area is 193 Å². The highest BCUT2D eigenvalue weighted by atomic mass is 32.2. The van der Waals surface area contributed by atoms with E-state index in [1.54, 1.807) is 30.3 Å². The second kappa shape index (κ2) is 10.2. The van der Waals surface area contributed by atoms with Gasteiger partial charge in [0.05, 0.1) is 4.90 Å². The maximum atomic E-state index is 12.6. The third kappa shape index (κ3) is 6.50. The number of aryl methyl sites for hydroxylation is 2. The molecule has 0 fully saturated rings. The molecule has 0 spiro atoms. The van der Waals surface area contributed by atoms with Crippen LogP contribution in [0.25, 0.3) is 6.08 Å². The molecule has 0 radical (unpaired) electrons. The predicted octanol–water partition coefficient (Wildman–Crippen LogP) is 4.63. The zero-order valence-corrected chi connectivity index (χ0v) is 19.3. The van der Waals surface area contributed by atoms with Crippen molar-refractivity contribution < 1.29 is 13.2 Å². The number of hydrogen-bond acceptors (Lipinski definition) is 4. The van der Waals surface area contributed by atoms with E-state index in [1.165, 1.54) is 18.2 Å². The van der Waals surface area contributed by atoms with Gasteiger partial charge in [-0.25, -0.2) is 8.42 Å². The summed E-state index contributed by atoms with van der Waals surface area (Å²) in [5, 5.41) is 5.52. The van der Waals surface area contributed by atoms with Crippen molar-refractivity contribution >= 4 is 50.7 Å². The van der Waals surface area contributed by atoms with Gasteiger partial charge in [0.15, 0.2) is 5.11 Å². The number of anilines is 2. The fourth-order valence-corrected chi connectivity index (χ4v) is 4.06. The van der Waals surface area contributed by atoms with Crippen LogP contribution >= 0.6 is 12.2 Å². The van der Waals surface area contributed by atoms with Crippen LogP contribution in [0.1, 0.15) is 16.7 Å². The SMILES string of the molecule is Cc1ccc(NS(=O)(=O)c2ccc(NC(=S)NC(=O)C=Cc3ccccc3)cc2)cc1C. The Morgan fingerprint density at radius 1 is 0.875 bits per heavy atom. The molecule has 3 N–H and O–H groups in total. The van der Waals surface area contributed by atoms with Crippen molar-refractivity contribution in [3.05, 3.63) is 95.6 Å². The Bertz CT molecular complexity index is 1250. The minimum Gasteiger partial charge on any atom is -0.332 e. The van der Waals surface area contributed by atoms with E-state index in [2.05, 4.69) is 15.4 Å². The summed E-state index contributed by atoms with van der Waals surface area (Å²) in [5.74, 6) is -0.372. The number of thiocarbonyl (C=S) groups is 1. The van der Waals surface area contributed by atoms with Crippen LogP contribution in [0, 0.1) is 13.8 Å². The van der Waals surface area contributed by atoms with E-state index >= 15 is 0 Å². The van der Waals surface area contributed by atoms with E-state index in [4.69, 9.17) is 12.2 Å². The van der Waals surface area contributed by atoms with E-state index in [0.717, 1.165) is 16.7 Å². The number of hydrogen-bond donors (Lipinski definition) is 3. The highest BCUT2D eigenvalue weighted by Crippen LogP contribution is 2.20. The summed E-state index contributed by atoms with van der Waals surface area (Å²) in [6.45, 7) is 3.89. The normalized spacial score (nSPS) is 11.2.